The number of rotatable bonds is 14. The van der Waals surface area contributed by atoms with E-state index in [-0.39, 0.29) is 5.76 Å². The lowest BCUT2D eigenvalue weighted by molar-refractivity contribution is -0.146. The fourth-order valence-electron chi connectivity index (χ4n) is 2.37. The first-order chi connectivity index (χ1) is 10.6. The molecule has 0 heterocycles. The Kier molecular flexibility index (Phi) is 13.7. The van der Waals surface area contributed by atoms with Crippen LogP contribution in [0.5, 0.6) is 0 Å². The summed E-state index contributed by atoms with van der Waals surface area (Å²) in [6.07, 6.45) is 16.0. The van der Waals surface area contributed by atoms with E-state index in [9.17, 15) is 9.59 Å². The molecule has 4 nitrogen and oxygen atoms in total. The number of hydrogen-bond acceptors (Lipinski definition) is 3. The van der Waals surface area contributed by atoms with Gasteiger partial charge in [-0.2, -0.15) is 0 Å². The Morgan fingerprint density at radius 2 is 1.32 bits per heavy atom. The summed E-state index contributed by atoms with van der Waals surface area (Å²) in [6.45, 7) is 3.44. The zero-order chi connectivity index (χ0) is 16.6. The van der Waals surface area contributed by atoms with Crippen LogP contribution in [0.15, 0.2) is 11.8 Å². The summed E-state index contributed by atoms with van der Waals surface area (Å²) in [5.74, 6) is -2.02. The third-order valence-electron chi connectivity index (χ3n) is 3.60. The quantitative estimate of drug-likeness (QED) is 0.207. The topological polar surface area (TPSA) is 63.6 Å². The Labute approximate surface area is 134 Å². The highest BCUT2D eigenvalue weighted by Crippen LogP contribution is 2.12. The monoisotopic (exact) mass is 312 g/mol. The first-order valence-electron chi connectivity index (χ1n) is 8.69. The molecule has 0 bridgehead atoms. The van der Waals surface area contributed by atoms with E-state index < -0.39 is 11.9 Å². The van der Waals surface area contributed by atoms with Crippen molar-refractivity contribution < 1.29 is 19.4 Å². The molecule has 0 unspecified atom stereocenters. The van der Waals surface area contributed by atoms with E-state index in [4.69, 9.17) is 5.11 Å². The fraction of sp³-hybridized carbons (Fsp3) is 0.778. The number of unbranched alkanes of at least 4 members (excludes halogenated alkanes) is 11. The highest BCUT2D eigenvalue weighted by atomic mass is 16.6. The summed E-state index contributed by atoms with van der Waals surface area (Å²) in [5, 5.41) is 8.85. The summed E-state index contributed by atoms with van der Waals surface area (Å²) in [7, 11) is 0. The van der Waals surface area contributed by atoms with E-state index >= 15 is 0 Å². The van der Waals surface area contributed by atoms with Crippen LogP contribution < -0.4 is 0 Å². The van der Waals surface area contributed by atoms with Gasteiger partial charge in [0.15, 0.2) is 0 Å². The Bertz CT molecular complexity index is 334. The Morgan fingerprint density at radius 1 is 0.864 bits per heavy atom. The molecule has 0 aromatic carbocycles. The smallest absolute Gasteiger partial charge is 0.371 e. The van der Waals surface area contributed by atoms with Gasteiger partial charge in [0.25, 0.3) is 0 Å². The molecule has 0 fully saturated rings. The molecule has 4 heteroatoms. The van der Waals surface area contributed by atoms with Crippen molar-refractivity contribution in [2.24, 2.45) is 0 Å². The van der Waals surface area contributed by atoms with Crippen LogP contribution in [0.25, 0.3) is 0 Å². The van der Waals surface area contributed by atoms with Crippen molar-refractivity contribution in [1.82, 2.24) is 0 Å². The molecule has 1 N–H and O–H groups in total. The molecule has 128 valence electrons. The number of ether oxygens (including phenoxy) is 1. The minimum atomic E-state index is -1.18. The van der Waals surface area contributed by atoms with Gasteiger partial charge in [0.2, 0.25) is 5.76 Å². The molecular formula is C18H32O4. The maximum atomic E-state index is 10.8. The van der Waals surface area contributed by atoms with Crippen LogP contribution in [0.1, 0.15) is 90.9 Å². The van der Waals surface area contributed by atoms with Crippen LogP contribution in [-0.4, -0.2) is 17.0 Å². The van der Waals surface area contributed by atoms with E-state index in [1.165, 1.54) is 70.8 Å². The number of carboxylic acid groups (broad SMARTS) is 1. The zero-order valence-corrected chi connectivity index (χ0v) is 14.2. The first-order valence-corrected chi connectivity index (χ1v) is 8.69. The normalized spacial score (nSPS) is 11.5. The molecule has 0 aliphatic carbocycles. The highest BCUT2D eigenvalue weighted by molar-refractivity contribution is 5.87. The van der Waals surface area contributed by atoms with Gasteiger partial charge in [-0.15, -0.1) is 0 Å². The second-order valence-corrected chi connectivity index (χ2v) is 5.79. The predicted octanol–water partition coefficient (Wildman–Crippen LogP) is 5.22. The Balaban J connectivity index is 3.48. The molecule has 0 atom stereocenters. The van der Waals surface area contributed by atoms with Crippen molar-refractivity contribution in [3.05, 3.63) is 11.8 Å². The van der Waals surface area contributed by atoms with Crippen LogP contribution in [0.3, 0.4) is 0 Å². The number of esters is 1. The first kappa shape index (κ1) is 20.7. The number of hydrogen-bond donors (Lipinski definition) is 1. The van der Waals surface area contributed by atoms with E-state index in [0.717, 1.165) is 12.8 Å². The maximum absolute atomic E-state index is 10.8. The van der Waals surface area contributed by atoms with Crippen molar-refractivity contribution in [3.63, 3.8) is 0 Å². The van der Waals surface area contributed by atoms with Gasteiger partial charge >= 0.3 is 11.9 Å². The summed E-state index contributed by atoms with van der Waals surface area (Å²) in [4.78, 5) is 21.6. The van der Waals surface area contributed by atoms with E-state index in [1.807, 2.05) is 0 Å². The van der Waals surface area contributed by atoms with Crippen molar-refractivity contribution >= 4 is 11.9 Å². The standard InChI is InChI=1S/C18H32O4/c1-3-4-5-6-7-8-9-10-11-12-13-14-15-17(18(20)21)22-16(2)19/h15H,3-14H2,1-2H3,(H,20,21)/b17-15-. The SMILES string of the molecule is CCCCCCCCCCCCC/C=C(\OC(C)=O)C(=O)O. The molecule has 0 radical (unpaired) electrons. The molecule has 0 rings (SSSR count). The molecule has 0 aliphatic rings. The third kappa shape index (κ3) is 13.7. The largest absolute Gasteiger partial charge is 0.475 e. The van der Waals surface area contributed by atoms with Gasteiger partial charge in [-0.25, -0.2) is 4.79 Å². The second-order valence-electron chi connectivity index (χ2n) is 5.79. The summed E-state index contributed by atoms with van der Waals surface area (Å²) in [5.41, 5.74) is 0. The van der Waals surface area contributed by atoms with E-state index in [1.54, 1.807) is 0 Å². The molecule has 0 aromatic heterocycles. The van der Waals surface area contributed by atoms with Gasteiger partial charge in [-0.3, -0.25) is 4.79 Å². The molecule has 0 saturated carbocycles. The second kappa shape index (κ2) is 14.6. The molecule has 0 aliphatic heterocycles. The number of aliphatic carboxylic acids is 1. The van der Waals surface area contributed by atoms with Gasteiger partial charge in [0.1, 0.15) is 0 Å². The molecule has 22 heavy (non-hydrogen) atoms. The van der Waals surface area contributed by atoms with Gasteiger partial charge in [-0.05, 0) is 18.9 Å². The molecular weight excluding hydrogens is 280 g/mol. The summed E-state index contributed by atoms with van der Waals surface area (Å²) < 4.78 is 4.63. The van der Waals surface area contributed by atoms with Crippen LogP contribution >= 0.6 is 0 Å². The lowest BCUT2D eigenvalue weighted by atomic mass is 10.1. The molecule has 0 amide bonds. The Morgan fingerprint density at radius 3 is 1.73 bits per heavy atom. The average Bonchev–Trinajstić information content (AvgIpc) is 2.46. The Hall–Kier alpha value is -1.32. The number of carboxylic acids is 1. The minimum Gasteiger partial charge on any atom is -0.475 e. The van der Waals surface area contributed by atoms with Crippen molar-refractivity contribution in [2.45, 2.75) is 90.9 Å². The number of carbonyl (C=O) groups excluding carboxylic acids is 1. The van der Waals surface area contributed by atoms with Crippen LogP contribution in [0.2, 0.25) is 0 Å². The van der Waals surface area contributed by atoms with Crippen molar-refractivity contribution in [2.75, 3.05) is 0 Å². The maximum Gasteiger partial charge on any atom is 0.371 e. The molecule has 0 aromatic rings. The third-order valence-corrected chi connectivity index (χ3v) is 3.60. The minimum absolute atomic E-state index is 0.250. The number of carbonyl (C=O) groups is 2. The highest BCUT2D eigenvalue weighted by Gasteiger charge is 2.10. The predicted molar refractivity (Wildman–Crippen MR) is 88.6 cm³/mol. The van der Waals surface area contributed by atoms with Crippen LogP contribution in [0, 0.1) is 0 Å². The fourth-order valence-corrected chi connectivity index (χ4v) is 2.37. The lowest BCUT2D eigenvalue weighted by Crippen LogP contribution is -2.08. The van der Waals surface area contributed by atoms with Gasteiger partial charge in [0, 0.05) is 6.92 Å². The zero-order valence-electron chi connectivity index (χ0n) is 14.2. The molecule has 0 spiro atoms. The average molecular weight is 312 g/mol. The van der Waals surface area contributed by atoms with Gasteiger partial charge in [-0.1, -0.05) is 71.1 Å². The van der Waals surface area contributed by atoms with E-state index in [0.29, 0.717) is 6.42 Å². The van der Waals surface area contributed by atoms with Crippen LogP contribution in [-0.2, 0) is 14.3 Å². The van der Waals surface area contributed by atoms with Gasteiger partial charge in [0.05, 0.1) is 0 Å². The van der Waals surface area contributed by atoms with Crippen molar-refractivity contribution in [1.29, 1.82) is 0 Å². The van der Waals surface area contributed by atoms with Gasteiger partial charge < -0.3 is 9.84 Å². The van der Waals surface area contributed by atoms with Crippen molar-refractivity contribution in [3.8, 4) is 0 Å². The lowest BCUT2D eigenvalue weighted by Gasteiger charge is -2.03. The molecule has 0 saturated heterocycles. The number of allylic oxidation sites excluding steroid dienone is 1. The van der Waals surface area contributed by atoms with Crippen LogP contribution in [0.4, 0.5) is 0 Å². The summed E-state index contributed by atoms with van der Waals surface area (Å²) in [6, 6.07) is 0. The van der Waals surface area contributed by atoms with E-state index in [2.05, 4.69) is 11.7 Å². The summed E-state index contributed by atoms with van der Waals surface area (Å²) >= 11 is 0.